The number of halogens is 1. The first-order valence-electron chi connectivity index (χ1n) is 5.59. The summed E-state index contributed by atoms with van der Waals surface area (Å²) in [4.78, 5) is 3.54. The molecule has 0 aliphatic heterocycles. The van der Waals surface area contributed by atoms with Crippen molar-refractivity contribution in [2.45, 2.75) is 5.75 Å². The number of sulfonamides is 1. The zero-order valence-electron chi connectivity index (χ0n) is 10.2. The summed E-state index contributed by atoms with van der Waals surface area (Å²) < 4.78 is 39.3. The molecule has 20 heavy (non-hydrogen) atoms. The van der Waals surface area contributed by atoms with Crippen LogP contribution in [0, 0.1) is 17.1 Å². The van der Waals surface area contributed by atoms with Gasteiger partial charge in [0.15, 0.2) is 5.82 Å². The summed E-state index contributed by atoms with van der Waals surface area (Å²) in [5.74, 6) is -1.04. The molecule has 0 fully saturated rings. The number of aromatic nitrogens is 1. The number of pyridine rings is 1. The van der Waals surface area contributed by atoms with Gasteiger partial charge in [-0.1, -0.05) is 12.1 Å². The van der Waals surface area contributed by atoms with Crippen molar-refractivity contribution < 1.29 is 12.8 Å². The first-order chi connectivity index (χ1) is 9.50. The van der Waals surface area contributed by atoms with Crippen molar-refractivity contribution in [2.75, 3.05) is 4.72 Å². The largest absolute Gasteiger partial charge is 0.280 e. The van der Waals surface area contributed by atoms with Crippen LogP contribution in [0.5, 0.6) is 0 Å². The van der Waals surface area contributed by atoms with Gasteiger partial charge in [-0.25, -0.2) is 12.8 Å². The van der Waals surface area contributed by atoms with Gasteiger partial charge in [0.2, 0.25) is 10.0 Å². The summed E-state index contributed by atoms with van der Waals surface area (Å²) in [6.07, 6.45) is 2.22. The fourth-order valence-electron chi connectivity index (χ4n) is 1.56. The van der Waals surface area contributed by atoms with E-state index in [0.717, 1.165) is 6.20 Å². The van der Waals surface area contributed by atoms with Gasteiger partial charge in [0.05, 0.1) is 29.3 Å². The van der Waals surface area contributed by atoms with Gasteiger partial charge in [-0.15, -0.1) is 0 Å². The Morgan fingerprint density at radius 1 is 1.25 bits per heavy atom. The second-order valence-corrected chi connectivity index (χ2v) is 5.75. The normalized spacial score (nSPS) is 10.8. The van der Waals surface area contributed by atoms with Gasteiger partial charge in [0.25, 0.3) is 0 Å². The lowest BCUT2D eigenvalue weighted by atomic mass is 10.2. The summed E-state index contributed by atoms with van der Waals surface area (Å²) >= 11 is 0. The van der Waals surface area contributed by atoms with Crippen LogP contribution in [0.4, 0.5) is 10.1 Å². The molecule has 0 amide bonds. The van der Waals surface area contributed by atoms with Crippen molar-refractivity contribution in [1.29, 1.82) is 5.26 Å². The third kappa shape index (κ3) is 3.52. The summed E-state index contributed by atoms with van der Waals surface area (Å²) in [5.41, 5.74) is 0.805. The van der Waals surface area contributed by atoms with E-state index in [1.165, 1.54) is 24.4 Å². The van der Waals surface area contributed by atoms with Crippen molar-refractivity contribution in [3.8, 4) is 6.07 Å². The van der Waals surface area contributed by atoms with Crippen molar-refractivity contribution in [1.82, 2.24) is 4.98 Å². The summed E-state index contributed by atoms with van der Waals surface area (Å²) in [6.45, 7) is 0. The van der Waals surface area contributed by atoms with E-state index in [4.69, 9.17) is 5.26 Å². The zero-order valence-corrected chi connectivity index (χ0v) is 11.1. The Hall–Kier alpha value is -2.46. The summed E-state index contributed by atoms with van der Waals surface area (Å²) in [6, 6.07) is 9.32. The van der Waals surface area contributed by atoms with Crippen molar-refractivity contribution in [3.63, 3.8) is 0 Å². The molecule has 1 heterocycles. The van der Waals surface area contributed by atoms with Crippen LogP contribution < -0.4 is 4.72 Å². The molecule has 102 valence electrons. The summed E-state index contributed by atoms with van der Waals surface area (Å²) in [7, 11) is -3.73. The van der Waals surface area contributed by atoms with Crippen molar-refractivity contribution >= 4 is 15.7 Å². The number of hydrogen-bond donors (Lipinski definition) is 1. The third-order valence-electron chi connectivity index (χ3n) is 2.48. The first-order valence-corrected chi connectivity index (χ1v) is 7.24. The highest BCUT2D eigenvalue weighted by atomic mass is 32.2. The van der Waals surface area contributed by atoms with Crippen LogP contribution in [-0.4, -0.2) is 13.4 Å². The fraction of sp³-hybridized carbons (Fsp3) is 0.0769. The van der Waals surface area contributed by atoms with Gasteiger partial charge >= 0.3 is 0 Å². The maximum atomic E-state index is 13.3. The maximum absolute atomic E-state index is 13.3. The highest BCUT2D eigenvalue weighted by molar-refractivity contribution is 7.91. The minimum absolute atomic E-state index is 0.145. The minimum atomic E-state index is -3.73. The highest BCUT2D eigenvalue weighted by Gasteiger charge is 2.14. The van der Waals surface area contributed by atoms with Crippen molar-refractivity contribution in [2.24, 2.45) is 0 Å². The number of hydrogen-bond acceptors (Lipinski definition) is 4. The Morgan fingerprint density at radius 3 is 2.55 bits per heavy atom. The van der Waals surface area contributed by atoms with E-state index in [9.17, 15) is 12.8 Å². The smallest absolute Gasteiger partial charge is 0.237 e. The fourth-order valence-corrected chi connectivity index (χ4v) is 2.76. The van der Waals surface area contributed by atoms with Gasteiger partial charge in [0.1, 0.15) is 0 Å². The Morgan fingerprint density at radius 2 is 1.95 bits per heavy atom. The first kappa shape index (κ1) is 14.0. The molecule has 2 rings (SSSR count). The monoisotopic (exact) mass is 291 g/mol. The topological polar surface area (TPSA) is 82.8 Å². The molecule has 0 atom stereocenters. The van der Waals surface area contributed by atoms with Crippen LogP contribution >= 0.6 is 0 Å². The quantitative estimate of drug-likeness (QED) is 0.934. The molecule has 0 radical (unpaired) electrons. The second-order valence-electron chi connectivity index (χ2n) is 4.03. The standard InChI is InChI=1S/C13H10FN3O2S/c14-12-8-16-6-5-13(12)17-20(18,19)9-11-3-1-10(7-15)2-4-11/h1-6,8H,9H2,(H,16,17). The van der Waals surface area contributed by atoms with Gasteiger partial charge in [0, 0.05) is 6.20 Å². The molecular formula is C13H10FN3O2S. The number of rotatable bonds is 4. The molecule has 0 bridgehead atoms. The average Bonchev–Trinajstić information content (AvgIpc) is 2.41. The van der Waals surface area contributed by atoms with E-state index < -0.39 is 15.8 Å². The predicted molar refractivity (Wildman–Crippen MR) is 71.6 cm³/mol. The Labute approximate surface area is 115 Å². The van der Waals surface area contributed by atoms with Gasteiger partial charge in [-0.3, -0.25) is 9.71 Å². The van der Waals surface area contributed by atoms with E-state index >= 15 is 0 Å². The van der Waals surface area contributed by atoms with Gasteiger partial charge in [-0.2, -0.15) is 5.26 Å². The highest BCUT2D eigenvalue weighted by Crippen LogP contribution is 2.15. The number of nitrogens with one attached hydrogen (secondary N) is 1. The maximum Gasteiger partial charge on any atom is 0.237 e. The molecule has 2 aromatic rings. The number of nitrogens with zero attached hydrogens (tertiary/aromatic N) is 2. The molecule has 5 nitrogen and oxygen atoms in total. The van der Waals surface area contributed by atoms with E-state index in [2.05, 4.69) is 9.71 Å². The van der Waals surface area contributed by atoms with E-state index in [0.29, 0.717) is 11.1 Å². The number of benzene rings is 1. The molecule has 0 saturated heterocycles. The van der Waals surface area contributed by atoms with E-state index in [-0.39, 0.29) is 11.4 Å². The van der Waals surface area contributed by atoms with Crippen LogP contribution in [0.1, 0.15) is 11.1 Å². The minimum Gasteiger partial charge on any atom is -0.280 e. The van der Waals surface area contributed by atoms with Gasteiger partial charge < -0.3 is 0 Å². The average molecular weight is 291 g/mol. The second kappa shape index (κ2) is 5.67. The Balaban J connectivity index is 2.15. The van der Waals surface area contributed by atoms with Crippen LogP contribution in [0.25, 0.3) is 0 Å². The molecule has 7 heteroatoms. The molecule has 1 aromatic heterocycles. The number of nitriles is 1. The Kier molecular flexibility index (Phi) is 3.96. The van der Waals surface area contributed by atoms with Crippen LogP contribution in [0.3, 0.4) is 0 Å². The third-order valence-corrected chi connectivity index (χ3v) is 3.72. The lowest BCUT2D eigenvalue weighted by Gasteiger charge is -2.08. The molecule has 1 N–H and O–H groups in total. The predicted octanol–water partition coefficient (Wildman–Crippen LogP) is 2.03. The molecule has 0 unspecified atom stereocenters. The number of anilines is 1. The van der Waals surface area contributed by atoms with E-state index in [1.807, 2.05) is 6.07 Å². The molecule has 1 aromatic carbocycles. The lowest BCUT2D eigenvalue weighted by Crippen LogP contribution is -2.16. The molecule has 0 aliphatic carbocycles. The molecule has 0 saturated carbocycles. The van der Waals surface area contributed by atoms with Crippen molar-refractivity contribution in [3.05, 3.63) is 59.7 Å². The SMILES string of the molecule is N#Cc1ccc(CS(=O)(=O)Nc2ccncc2F)cc1. The van der Waals surface area contributed by atoms with Crippen LogP contribution in [0.2, 0.25) is 0 Å². The Bertz CT molecular complexity index is 752. The molecule has 0 spiro atoms. The lowest BCUT2D eigenvalue weighted by molar-refractivity contribution is 0.597. The summed E-state index contributed by atoms with van der Waals surface area (Å²) in [5, 5.41) is 8.66. The zero-order chi connectivity index (χ0) is 14.6. The van der Waals surface area contributed by atoms with Gasteiger partial charge in [-0.05, 0) is 23.8 Å². The van der Waals surface area contributed by atoms with Crippen LogP contribution in [-0.2, 0) is 15.8 Å². The van der Waals surface area contributed by atoms with Crippen LogP contribution in [0.15, 0.2) is 42.7 Å². The van der Waals surface area contributed by atoms with E-state index in [1.54, 1.807) is 12.1 Å². The molecular weight excluding hydrogens is 281 g/mol. The molecule has 0 aliphatic rings.